The van der Waals surface area contributed by atoms with Gasteiger partial charge >= 0.3 is 8.80 Å². The van der Waals surface area contributed by atoms with Crippen molar-refractivity contribution in [2.24, 2.45) is 5.41 Å². The second-order valence-corrected chi connectivity index (χ2v) is 14.4. The van der Waals surface area contributed by atoms with Crippen LogP contribution in [0.2, 0.25) is 6.04 Å². The average molecular weight is 735 g/mol. The minimum Gasteiger partial charge on any atom is -0.388 e. The molecule has 0 aromatic carbocycles. The van der Waals surface area contributed by atoms with Crippen LogP contribution in [0, 0.1) is 5.41 Å². The van der Waals surface area contributed by atoms with Crippen molar-refractivity contribution in [1.29, 1.82) is 0 Å². The van der Waals surface area contributed by atoms with Gasteiger partial charge in [-0.15, -0.1) is 0 Å². The molecule has 0 aliphatic rings. The maximum absolute atomic E-state index is 10.1. The molecular formula is C33H70O15Si. The highest BCUT2D eigenvalue weighted by molar-refractivity contribution is 6.60. The molecule has 1 N–H and O–H groups in total. The molecular weight excluding hydrogens is 664 g/mol. The minimum atomic E-state index is -2.60. The van der Waals surface area contributed by atoms with E-state index in [1.807, 2.05) is 0 Å². The summed E-state index contributed by atoms with van der Waals surface area (Å²) in [4.78, 5) is 0. The number of aliphatic hydroxyl groups excluding tert-OH is 1. The smallest absolute Gasteiger partial charge is 0.388 e. The van der Waals surface area contributed by atoms with Crippen LogP contribution in [-0.4, -0.2) is 187 Å². The van der Waals surface area contributed by atoms with Crippen molar-refractivity contribution in [3.8, 4) is 0 Å². The van der Waals surface area contributed by atoms with Gasteiger partial charge in [0.05, 0.1) is 124 Å². The molecule has 15 nitrogen and oxygen atoms in total. The standard InChI is InChI=1S/C33H70O15Si/c1-7-10-39-16-21-45-28-33(29-46-22-17-40-11-8-2,30-47-23-18-41-14-13-35-3)31-48-24-19-42-15-20-44-27-32(34)26-43-12-9-25-49(36-4,37-5)38-6/h32,34H,7-31H2,1-6H3. The number of aliphatic hydroxyl groups is 1. The van der Waals surface area contributed by atoms with Gasteiger partial charge in [-0.2, -0.15) is 0 Å². The fourth-order valence-electron chi connectivity index (χ4n) is 4.27. The molecule has 16 heteroatoms. The molecule has 0 saturated heterocycles. The Bertz CT molecular complexity index is 639. The highest BCUT2D eigenvalue weighted by Crippen LogP contribution is 2.21. The van der Waals surface area contributed by atoms with Gasteiger partial charge in [0.15, 0.2) is 0 Å². The summed E-state index contributed by atoms with van der Waals surface area (Å²) in [6.45, 7) is 13.2. The Labute approximate surface area is 297 Å². The van der Waals surface area contributed by atoms with E-state index in [2.05, 4.69) is 13.8 Å². The van der Waals surface area contributed by atoms with Crippen molar-refractivity contribution in [2.45, 2.75) is 45.3 Å². The third kappa shape index (κ3) is 28.8. The van der Waals surface area contributed by atoms with Crippen LogP contribution in [0.25, 0.3) is 0 Å². The van der Waals surface area contributed by atoms with Gasteiger partial charge in [0.25, 0.3) is 0 Å². The molecule has 0 aliphatic heterocycles. The molecule has 0 bridgehead atoms. The Morgan fingerprint density at radius 3 is 1.18 bits per heavy atom. The predicted octanol–water partition coefficient (Wildman–Crippen LogP) is 2.23. The molecule has 0 aromatic rings. The highest BCUT2D eigenvalue weighted by Gasteiger charge is 2.37. The zero-order valence-electron chi connectivity index (χ0n) is 31.4. The first-order valence-corrected chi connectivity index (χ1v) is 19.5. The van der Waals surface area contributed by atoms with Gasteiger partial charge in [-0.05, 0) is 19.3 Å². The van der Waals surface area contributed by atoms with Crippen molar-refractivity contribution in [3.63, 3.8) is 0 Å². The van der Waals surface area contributed by atoms with E-state index in [1.165, 1.54) is 0 Å². The van der Waals surface area contributed by atoms with Crippen molar-refractivity contribution in [1.82, 2.24) is 0 Å². The van der Waals surface area contributed by atoms with Crippen LogP contribution >= 0.6 is 0 Å². The van der Waals surface area contributed by atoms with Crippen molar-refractivity contribution < 1.29 is 70.5 Å². The number of methoxy groups -OCH3 is 1. The molecule has 1 atom stereocenters. The Morgan fingerprint density at radius 1 is 0.449 bits per heavy atom. The maximum atomic E-state index is 10.1. The topological polar surface area (TPSA) is 149 Å². The summed E-state index contributed by atoms with van der Waals surface area (Å²) in [6.07, 6.45) is 1.89. The summed E-state index contributed by atoms with van der Waals surface area (Å²) in [5, 5.41) is 10.1. The summed E-state index contributed by atoms with van der Waals surface area (Å²) < 4.78 is 78.8. The predicted molar refractivity (Wildman–Crippen MR) is 185 cm³/mol. The number of hydrogen-bond acceptors (Lipinski definition) is 15. The molecule has 1 unspecified atom stereocenters. The van der Waals surface area contributed by atoms with Crippen LogP contribution in [-0.2, 0) is 65.4 Å². The van der Waals surface area contributed by atoms with Crippen molar-refractivity contribution in [3.05, 3.63) is 0 Å². The molecule has 0 rings (SSSR count). The molecule has 0 heterocycles. The van der Waals surface area contributed by atoms with Crippen LogP contribution in [0.1, 0.15) is 33.1 Å². The normalized spacial score (nSPS) is 13.0. The van der Waals surface area contributed by atoms with E-state index in [-0.39, 0.29) is 13.2 Å². The Hall–Kier alpha value is -0.383. The fourth-order valence-corrected chi connectivity index (χ4v) is 5.96. The van der Waals surface area contributed by atoms with Crippen LogP contribution in [0.4, 0.5) is 0 Å². The summed E-state index contributed by atoms with van der Waals surface area (Å²) in [5.74, 6) is 0. The van der Waals surface area contributed by atoms with E-state index in [0.29, 0.717) is 138 Å². The van der Waals surface area contributed by atoms with E-state index in [0.717, 1.165) is 12.8 Å². The van der Waals surface area contributed by atoms with E-state index in [9.17, 15) is 5.11 Å². The van der Waals surface area contributed by atoms with Crippen LogP contribution < -0.4 is 0 Å². The Kier molecular flexibility index (Phi) is 35.7. The summed E-state index contributed by atoms with van der Waals surface area (Å²) in [6, 6.07) is 0.634. The first-order valence-electron chi connectivity index (χ1n) is 17.6. The van der Waals surface area contributed by atoms with Crippen molar-refractivity contribution >= 4 is 8.80 Å². The lowest BCUT2D eigenvalue weighted by molar-refractivity contribution is -0.122. The maximum Gasteiger partial charge on any atom is 0.500 e. The summed E-state index contributed by atoms with van der Waals surface area (Å²) in [7, 11) is 3.78. The molecule has 0 aliphatic carbocycles. The summed E-state index contributed by atoms with van der Waals surface area (Å²) >= 11 is 0. The second kappa shape index (κ2) is 36.0. The lowest BCUT2D eigenvalue weighted by atomic mass is 9.92. The number of hydrogen-bond donors (Lipinski definition) is 1. The molecule has 296 valence electrons. The molecule has 0 fully saturated rings. The van der Waals surface area contributed by atoms with Gasteiger partial charge in [0.1, 0.15) is 6.10 Å². The van der Waals surface area contributed by atoms with E-state index in [4.69, 9.17) is 65.4 Å². The minimum absolute atomic E-state index is 0.152. The fraction of sp³-hybridized carbons (Fsp3) is 1.00. The lowest BCUT2D eigenvalue weighted by Crippen LogP contribution is -2.43. The van der Waals surface area contributed by atoms with Gasteiger partial charge in [0.2, 0.25) is 0 Å². The molecule has 49 heavy (non-hydrogen) atoms. The second-order valence-electron chi connectivity index (χ2n) is 11.4. The molecule has 0 saturated carbocycles. The van der Waals surface area contributed by atoms with Gasteiger partial charge in [-0.1, -0.05) is 13.8 Å². The van der Waals surface area contributed by atoms with Gasteiger partial charge in [-0.3, -0.25) is 0 Å². The van der Waals surface area contributed by atoms with Crippen LogP contribution in [0.5, 0.6) is 0 Å². The zero-order chi connectivity index (χ0) is 36.2. The zero-order valence-corrected chi connectivity index (χ0v) is 32.4. The van der Waals surface area contributed by atoms with Crippen molar-refractivity contribution in [2.75, 3.05) is 167 Å². The average Bonchev–Trinajstić information content (AvgIpc) is 3.11. The Morgan fingerprint density at radius 2 is 0.796 bits per heavy atom. The van der Waals surface area contributed by atoms with Crippen LogP contribution in [0.15, 0.2) is 0 Å². The van der Waals surface area contributed by atoms with E-state index in [1.54, 1.807) is 28.4 Å². The molecule has 0 amide bonds. The SMILES string of the molecule is CCCOCCOCC(COCCOCCC)(COCCOCCOC)COCCOCCOCC(O)COCCC[Si](OC)(OC)OC. The highest BCUT2D eigenvalue weighted by atomic mass is 28.4. The first-order chi connectivity index (χ1) is 24.0. The van der Waals surface area contributed by atoms with Crippen LogP contribution in [0.3, 0.4) is 0 Å². The van der Waals surface area contributed by atoms with Gasteiger partial charge < -0.3 is 70.5 Å². The summed E-state index contributed by atoms with van der Waals surface area (Å²) in [5.41, 5.74) is -0.550. The largest absolute Gasteiger partial charge is 0.500 e. The monoisotopic (exact) mass is 734 g/mol. The van der Waals surface area contributed by atoms with E-state index >= 15 is 0 Å². The Balaban J connectivity index is 4.55. The molecule has 0 aromatic heterocycles. The third-order valence-corrected chi connectivity index (χ3v) is 9.78. The molecule has 0 spiro atoms. The van der Waals surface area contributed by atoms with Gasteiger partial charge in [-0.25, -0.2) is 0 Å². The molecule has 0 radical (unpaired) electrons. The number of ether oxygens (including phenoxy) is 11. The quantitative estimate of drug-likeness (QED) is 0.0722. The van der Waals surface area contributed by atoms with Gasteiger partial charge in [0, 0.05) is 54.3 Å². The lowest BCUT2D eigenvalue weighted by Gasteiger charge is -2.33. The first kappa shape index (κ1) is 48.6. The number of rotatable bonds is 41. The van der Waals surface area contributed by atoms with E-state index < -0.39 is 20.3 Å². The third-order valence-electron chi connectivity index (χ3n) is 6.95.